The molecule has 136 valence electrons. The smallest absolute Gasteiger partial charge is 0.387 e. The summed E-state index contributed by atoms with van der Waals surface area (Å²) in [6, 6.07) is 12.1. The van der Waals surface area contributed by atoms with Crippen molar-refractivity contribution in [2.24, 2.45) is 5.92 Å². The number of fused-ring (bicyclic) bond motifs is 3. The molecule has 2 aromatic rings. The summed E-state index contributed by atoms with van der Waals surface area (Å²) >= 11 is 0. The number of anilines is 1. The first-order valence-electron chi connectivity index (χ1n) is 8.71. The number of carbonyl (C=O) groups is 1. The van der Waals surface area contributed by atoms with Crippen LogP contribution < -0.4 is 10.1 Å². The van der Waals surface area contributed by atoms with E-state index in [1.807, 2.05) is 12.1 Å². The summed E-state index contributed by atoms with van der Waals surface area (Å²) in [7, 11) is 0. The summed E-state index contributed by atoms with van der Waals surface area (Å²) in [5, 5.41) is 12.6. The number of carboxylic acid groups (broad SMARTS) is 1. The van der Waals surface area contributed by atoms with E-state index in [2.05, 4.69) is 10.1 Å². The molecule has 1 heterocycles. The number of carboxylic acids is 1. The molecule has 1 aliphatic heterocycles. The second-order valence-electron chi connectivity index (χ2n) is 6.88. The van der Waals surface area contributed by atoms with Crippen LogP contribution in [0.25, 0.3) is 0 Å². The molecule has 0 spiro atoms. The van der Waals surface area contributed by atoms with Crippen molar-refractivity contribution in [1.82, 2.24) is 0 Å². The van der Waals surface area contributed by atoms with E-state index < -0.39 is 12.6 Å². The summed E-state index contributed by atoms with van der Waals surface area (Å²) < 4.78 is 29.6. The fourth-order valence-corrected chi connectivity index (χ4v) is 4.37. The minimum absolute atomic E-state index is 0.0831. The largest absolute Gasteiger partial charge is 0.478 e. The van der Waals surface area contributed by atoms with E-state index in [0.717, 1.165) is 36.1 Å². The molecule has 26 heavy (non-hydrogen) atoms. The van der Waals surface area contributed by atoms with Gasteiger partial charge in [0.05, 0.1) is 11.6 Å². The maximum absolute atomic E-state index is 12.5. The SMILES string of the molecule is O=C(O)c1ccc([C@@H]2Nc3ccc(OC(F)F)cc3[C@@H]3CCC[C@@H]32)cc1. The molecule has 0 unspecified atom stereocenters. The van der Waals surface area contributed by atoms with E-state index in [1.54, 1.807) is 30.3 Å². The van der Waals surface area contributed by atoms with Gasteiger partial charge in [0.15, 0.2) is 0 Å². The van der Waals surface area contributed by atoms with Gasteiger partial charge in [-0.15, -0.1) is 0 Å². The number of nitrogens with one attached hydrogen (secondary N) is 1. The van der Waals surface area contributed by atoms with E-state index >= 15 is 0 Å². The predicted molar refractivity (Wildman–Crippen MR) is 92.9 cm³/mol. The molecule has 0 bridgehead atoms. The van der Waals surface area contributed by atoms with Gasteiger partial charge in [-0.1, -0.05) is 18.6 Å². The van der Waals surface area contributed by atoms with Gasteiger partial charge in [0.25, 0.3) is 0 Å². The lowest BCUT2D eigenvalue weighted by molar-refractivity contribution is -0.0499. The summed E-state index contributed by atoms with van der Waals surface area (Å²) in [4.78, 5) is 11.1. The number of hydrogen-bond donors (Lipinski definition) is 2. The van der Waals surface area contributed by atoms with E-state index in [1.165, 1.54) is 0 Å². The standard InChI is InChI=1S/C20H19F2NO3/c21-20(22)26-13-8-9-17-16(10-13)14-2-1-3-15(14)18(23-17)11-4-6-12(7-5-11)19(24)25/h4-10,14-15,18,20,23H,1-3H2,(H,24,25)/t14-,15+,18+/m1/s1. The van der Waals surface area contributed by atoms with Crippen molar-refractivity contribution in [3.05, 3.63) is 59.2 Å². The van der Waals surface area contributed by atoms with Crippen LogP contribution in [-0.2, 0) is 0 Å². The highest BCUT2D eigenvalue weighted by atomic mass is 19.3. The maximum atomic E-state index is 12.5. The van der Waals surface area contributed by atoms with E-state index in [-0.39, 0.29) is 23.3 Å². The Morgan fingerprint density at radius 3 is 2.62 bits per heavy atom. The lowest BCUT2D eigenvalue weighted by atomic mass is 9.77. The number of ether oxygens (including phenoxy) is 1. The normalized spacial score (nSPS) is 23.9. The van der Waals surface area contributed by atoms with Crippen LogP contribution in [0.1, 0.15) is 52.7 Å². The zero-order valence-corrected chi connectivity index (χ0v) is 14.0. The van der Waals surface area contributed by atoms with Crippen LogP contribution >= 0.6 is 0 Å². The molecule has 2 aliphatic rings. The van der Waals surface area contributed by atoms with Crippen molar-refractivity contribution in [1.29, 1.82) is 0 Å². The van der Waals surface area contributed by atoms with Gasteiger partial charge in [-0.3, -0.25) is 0 Å². The zero-order chi connectivity index (χ0) is 18.3. The van der Waals surface area contributed by atoms with Crippen LogP contribution in [0.15, 0.2) is 42.5 Å². The molecule has 3 atom stereocenters. The fourth-order valence-electron chi connectivity index (χ4n) is 4.37. The lowest BCUT2D eigenvalue weighted by Gasteiger charge is -2.38. The topological polar surface area (TPSA) is 58.6 Å². The fraction of sp³-hybridized carbons (Fsp3) is 0.350. The molecule has 2 aromatic carbocycles. The van der Waals surface area contributed by atoms with Gasteiger partial charge in [0.2, 0.25) is 0 Å². The van der Waals surface area contributed by atoms with Gasteiger partial charge >= 0.3 is 12.6 Å². The summed E-state index contributed by atoms with van der Waals surface area (Å²) in [5.74, 6) is -0.115. The Hall–Kier alpha value is -2.63. The Morgan fingerprint density at radius 1 is 1.15 bits per heavy atom. The number of hydrogen-bond acceptors (Lipinski definition) is 3. The second kappa shape index (κ2) is 6.59. The Kier molecular flexibility index (Phi) is 4.26. The number of benzene rings is 2. The summed E-state index contributed by atoms with van der Waals surface area (Å²) in [6.07, 6.45) is 3.14. The molecule has 6 heteroatoms. The van der Waals surface area contributed by atoms with Crippen LogP contribution in [0.2, 0.25) is 0 Å². The number of halogens is 2. The van der Waals surface area contributed by atoms with Gasteiger partial charge in [0.1, 0.15) is 5.75 Å². The van der Waals surface area contributed by atoms with Crippen molar-refractivity contribution in [3.63, 3.8) is 0 Å². The van der Waals surface area contributed by atoms with Gasteiger partial charge in [-0.25, -0.2) is 4.79 Å². The van der Waals surface area contributed by atoms with E-state index in [0.29, 0.717) is 5.92 Å². The average molecular weight is 359 g/mol. The molecule has 4 rings (SSSR count). The monoisotopic (exact) mass is 359 g/mol. The highest BCUT2D eigenvalue weighted by Crippen LogP contribution is 2.53. The first kappa shape index (κ1) is 16.8. The van der Waals surface area contributed by atoms with Crippen molar-refractivity contribution in [2.75, 3.05) is 5.32 Å². The van der Waals surface area contributed by atoms with Crippen molar-refractivity contribution < 1.29 is 23.4 Å². The molecule has 2 N–H and O–H groups in total. The van der Waals surface area contributed by atoms with Gasteiger partial charge in [-0.2, -0.15) is 8.78 Å². The molecule has 1 saturated carbocycles. The van der Waals surface area contributed by atoms with Crippen LogP contribution in [0, 0.1) is 5.92 Å². The molecular formula is C20H19F2NO3. The molecule has 4 nitrogen and oxygen atoms in total. The van der Waals surface area contributed by atoms with Crippen LogP contribution in [0.4, 0.5) is 14.5 Å². The molecule has 1 aliphatic carbocycles. The van der Waals surface area contributed by atoms with E-state index in [4.69, 9.17) is 5.11 Å². The third kappa shape index (κ3) is 3.00. The molecule has 0 aromatic heterocycles. The van der Waals surface area contributed by atoms with E-state index in [9.17, 15) is 13.6 Å². The lowest BCUT2D eigenvalue weighted by Crippen LogP contribution is -2.28. The summed E-state index contributed by atoms with van der Waals surface area (Å²) in [6.45, 7) is -2.83. The van der Waals surface area contributed by atoms with Gasteiger partial charge < -0.3 is 15.2 Å². The third-order valence-electron chi connectivity index (χ3n) is 5.47. The van der Waals surface area contributed by atoms with Crippen molar-refractivity contribution in [3.8, 4) is 5.75 Å². The maximum Gasteiger partial charge on any atom is 0.387 e. The minimum atomic E-state index is -2.83. The highest BCUT2D eigenvalue weighted by Gasteiger charge is 2.40. The Balaban J connectivity index is 1.67. The van der Waals surface area contributed by atoms with Gasteiger partial charge in [0, 0.05) is 5.69 Å². The Labute approximate surface area is 149 Å². The first-order chi connectivity index (χ1) is 12.5. The quantitative estimate of drug-likeness (QED) is 0.803. The molecular weight excluding hydrogens is 340 g/mol. The number of aromatic carboxylic acids is 1. The Bertz CT molecular complexity index is 822. The highest BCUT2D eigenvalue weighted by molar-refractivity contribution is 5.87. The molecule has 1 fully saturated rings. The van der Waals surface area contributed by atoms with Crippen LogP contribution in [0.5, 0.6) is 5.75 Å². The third-order valence-corrected chi connectivity index (χ3v) is 5.47. The second-order valence-corrected chi connectivity index (χ2v) is 6.88. The molecule has 0 radical (unpaired) electrons. The molecule has 0 amide bonds. The van der Waals surface area contributed by atoms with Crippen molar-refractivity contribution >= 4 is 11.7 Å². The molecule has 0 saturated heterocycles. The zero-order valence-electron chi connectivity index (χ0n) is 14.0. The predicted octanol–water partition coefficient (Wildman–Crippen LogP) is 5.04. The minimum Gasteiger partial charge on any atom is -0.478 e. The van der Waals surface area contributed by atoms with Crippen LogP contribution in [0.3, 0.4) is 0 Å². The summed E-state index contributed by atoms with van der Waals surface area (Å²) in [5.41, 5.74) is 3.28. The number of alkyl halides is 2. The first-order valence-corrected chi connectivity index (χ1v) is 8.71. The number of rotatable bonds is 4. The Morgan fingerprint density at radius 2 is 1.92 bits per heavy atom. The van der Waals surface area contributed by atoms with Crippen LogP contribution in [-0.4, -0.2) is 17.7 Å². The average Bonchev–Trinajstić information content (AvgIpc) is 3.11. The van der Waals surface area contributed by atoms with Crippen molar-refractivity contribution in [2.45, 2.75) is 37.8 Å². The van der Waals surface area contributed by atoms with Gasteiger partial charge in [-0.05, 0) is 66.1 Å².